The van der Waals surface area contributed by atoms with Crippen LogP contribution in [0.1, 0.15) is 32.8 Å². The number of aliphatic carboxylic acids is 1. The second-order valence-corrected chi connectivity index (χ2v) is 5.15. The van der Waals surface area contributed by atoms with Gasteiger partial charge in [0.15, 0.2) is 0 Å². The van der Waals surface area contributed by atoms with E-state index in [2.05, 4.69) is 5.32 Å². The van der Waals surface area contributed by atoms with Crippen LogP contribution in [-0.2, 0) is 11.3 Å². The fourth-order valence-corrected chi connectivity index (χ4v) is 2.04. The summed E-state index contributed by atoms with van der Waals surface area (Å²) < 4.78 is 0. The van der Waals surface area contributed by atoms with Crippen LogP contribution >= 0.6 is 0 Å². The van der Waals surface area contributed by atoms with Gasteiger partial charge in [-0.3, -0.25) is 0 Å². The van der Waals surface area contributed by atoms with E-state index in [4.69, 9.17) is 0 Å². The maximum Gasteiger partial charge on any atom is 0.326 e. The molecule has 1 rings (SSSR count). The van der Waals surface area contributed by atoms with Crippen molar-refractivity contribution in [3.05, 3.63) is 35.9 Å². The summed E-state index contributed by atoms with van der Waals surface area (Å²) in [5.74, 6) is -1.10. The molecule has 1 aromatic rings. The zero-order chi connectivity index (χ0) is 15.8. The van der Waals surface area contributed by atoms with Crippen molar-refractivity contribution in [1.29, 1.82) is 0 Å². The lowest BCUT2D eigenvalue weighted by Gasteiger charge is -2.26. The van der Waals surface area contributed by atoms with Crippen molar-refractivity contribution in [2.24, 2.45) is 5.92 Å². The Morgan fingerprint density at radius 3 is 2.33 bits per heavy atom. The number of urea groups is 1. The van der Waals surface area contributed by atoms with Gasteiger partial charge in [0.1, 0.15) is 6.04 Å². The summed E-state index contributed by atoms with van der Waals surface area (Å²) in [5.41, 5.74) is 1.02. The molecule has 2 N–H and O–H groups in total. The van der Waals surface area contributed by atoms with Crippen LogP contribution in [-0.4, -0.2) is 34.6 Å². The van der Waals surface area contributed by atoms with Gasteiger partial charge in [-0.1, -0.05) is 50.6 Å². The minimum atomic E-state index is -0.992. The molecule has 116 valence electrons. The summed E-state index contributed by atoms with van der Waals surface area (Å²) in [6, 6.07) is 8.45. The van der Waals surface area contributed by atoms with Gasteiger partial charge in [-0.05, 0) is 18.4 Å². The maximum atomic E-state index is 12.3. The van der Waals surface area contributed by atoms with E-state index in [9.17, 15) is 14.7 Å². The van der Waals surface area contributed by atoms with Crippen LogP contribution in [0.15, 0.2) is 30.3 Å². The third-order valence-electron chi connectivity index (χ3n) is 3.64. The van der Waals surface area contributed by atoms with Gasteiger partial charge in [0.2, 0.25) is 0 Å². The summed E-state index contributed by atoms with van der Waals surface area (Å²) in [7, 11) is 0. The van der Waals surface area contributed by atoms with Crippen LogP contribution in [0.5, 0.6) is 0 Å². The lowest BCUT2D eigenvalue weighted by Crippen LogP contribution is -2.50. The molecule has 0 saturated heterocycles. The monoisotopic (exact) mass is 292 g/mol. The molecular weight excluding hydrogens is 268 g/mol. The van der Waals surface area contributed by atoms with Crippen molar-refractivity contribution >= 4 is 12.0 Å². The molecule has 0 bridgehead atoms. The molecule has 0 unspecified atom stereocenters. The Morgan fingerprint density at radius 2 is 1.86 bits per heavy atom. The number of amides is 2. The van der Waals surface area contributed by atoms with Crippen molar-refractivity contribution in [2.75, 3.05) is 6.54 Å². The van der Waals surface area contributed by atoms with E-state index < -0.39 is 12.0 Å². The summed E-state index contributed by atoms with van der Waals surface area (Å²) in [5, 5.41) is 11.9. The molecule has 1 aromatic carbocycles. The molecule has 0 radical (unpaired) electrons. The molecule has 0 fully saturated rings. The van der Waals surface area contributed by atoms with Crippen molar-refractivity contribution in [2.45, 2.75) is 39.8 Å². The number of carbonyl (C=O) groups excluding carboxylic acids is 1. The predicted molar refractivity (Wildman–Crippen MR) is 81.9 cm³/mol. The summed E-state index contributed by atoms with van der Waals surface area (Å²) in [4.78, 5) is 25.1. The first-order chi connectivity index (χ1) is 9.99. The van der Waals surface area contributed by atoms with Crippen LogP contribution in [0.3, 0.4) is 0 Å². The van der Waals surface area contributed by atoms with Crippen LogP contribution in [0.4, 0.5) is 4.79 Å². The first kappa shape index (κ1) is 17.0. The van der Waals surface area contributed by atoms with Crippen LogP contribution in [0.2, 0.25) is 0 Å². The smallest absolute Gasteiger partial charge is 0.326 e. The number of carbonyl (C=O) groups is 2. The van der Waals surface area contributed by atoms with Gasteiger partial charge in [-0.25, -0.2) is 9.59 Å². The second-order valence-electron chi connectivity index (χ2n) is 5.15. The van der Waals surface area contributed by atoms with Crippen LogP contribution in [0.25, 0.3) is 0 Å². The minimum Gasteiger partial charge on any atom is -0.480 e. The molecule has 0 aliphatic rings. The van der Waals surface area contributed by atoms with E-state index in [0.717, 1.165) is 5.56 Å². The molecule has 2 atom stereocenters. The van der Waals surface area contributed by atoms with Gasteiger partial charge in [0, 0.05) is 13.1 Å². The first-order valence-electron chi connectivity index (χ1n) is 7.31. The normalized spacial score (nSPS) is 13.3. The third-order valence-corrected chi connectivity index (χ3v) is 3.64. The van der Waals surface area contributed by atoms with Gasteiger partial charge >= 0.3 is 12.0 Å². The lowest BCUT2D eigenvalue weighted by atomic mass is 9.99. The second kappa shape index (κ2) is 8.29. The number of hydrogen-bond acceptors (Lipinski definition) is 2. The molecule has 0 aliphatic heterocycles. The van der Waals surface area contributed by atoms with Crippen molar-refractivity contribution < 1.29 is 14.7 Å². The number of hydrogen-bond donors (Lipinski definition) is 2. The van der Waals surface area contributed by atoms with E-state index in [1.165, 1.54) is 0 Å². The number of nitrogens with one attached hydrogen (secondary N) is 1. The molecule has 2 amide bonds. The van der Waals surface area contributed by atoms with Crippen LogP contribution < -0.4 is 5.32 Å². The topological polar surface area (TPSA) is 69.6 Å². The number of carboxylic acid groups (broad SMARTS) is 1. The van der Waals surface area contributed by atoms with Crippen LogP contribution in [0, 0.1) is 5.92 Å². The fourth-order valence-electron chi connectivity index (χ4n) is 2.04. The highest BCUT2D eigenvalue weighted by molar-refractivity contribution is 5.82. The lowest BCUT2D eigenvalue weighted by molar-refractivity contribution is -0.140. The van der Waals surface area contributed by atoms with E-state index >= 15 is 0 Å². The molecule has 5 heteroatoms. The highest BCUT2D eigenvalue weighted by atomic mass is 16.4. The molecule has 21 heavy (non-hydrogen) atoms. The van der Waals surface area contributed by atoms with E-state index in [-0.39, 0.29) is 11.9 Å². The highest BCUT2D eigenvalue weighted by Crippen LogP contribution is 2.10. The van der Waals surface area contributed by atoms with Gasteiger partial charge in [0.05, 0.1) is 0 Å². The number of benzene rings is 1. The van der Waals surface area contributed by atoms with Gasteiger partial charge < -0.3 is 15.3 Å². The molecule has 0 aliphatic carbocycles. The summed E-state index contributed by atoms with van der Waals surface area (Å²) in [6.45, 7) is 6.60. The van der Waals surface area contributed by atoms with Gasteiger partial charge in [-0.15, -0.1) is 0 Å². The molecule has 0 aromatic heterocycles. The predicted octanol–water partition coefficient (Wildman–Crippen LogP) is 2.72. The summed E-state index contributed by atoms with van der Waals surface area (Å²) in [6.07, 6.45) is 0.696. The zero-order valence-corrected chi connectivity index (χ0v) is 12.9. The third kappa shape index (κ3) is 5.10. The van der Waals surface area contributed by atoms with E-state index in [1.54, 1.807) is 4.90 Å². The Labute approximate surface area is 126 Å². The first-order valence-corrected chi connectivity index (χ1v) is 7.31. The maximum absolute atomic E-state index is 12.3. The van der Waals surface area contributed by atoms with Gasteiger partial charge in [-0.2, -0.15) is 0 Å². The minimum absolute atomic E-state index is 0.109. The van der Waals surface area contributed by atoms with E-state index in [0.29, 0.717) is 19.5 Å². The Kier molecular flexibility index (Phi) is 6.72. The Morgan fingerprint density at radius 1 is 1.24 bits per heavy atom. The van der Waals surface area contributed by atoms with Gasteiger partial charge in [0.25, 0.3) is 0 Å². The van der Waals surface area contributed by atoms with Crippen molar-refractivity contribution in [1.82, 2.24) is 10.2 Å². The molecule has 0 spiro atoms. The summed E-state index contributed by atoms with van der Waals surface area (Å²) >= 11 is 0. The standard InChI is InChI=1S/C16H24N2O3/c1-4-12(3)14(15(19)20)17-16(21)18(5-2)11-13-9-7-6-8-10-13/h6-10,12,14H,4-5,11H2,1-3H3,(H,17,21)(H,19,20)/t12-,14-/m0/s1. The fraction of sp³-hybridized carbons (Fsp3) is 0.500. The molecule has 5 nitrogen and oxygen atoms in total. The Balaban J connectivity index is 2.72. The Hall–Kier alpha value is -2.04. The quantitative estimate of drug-likeness (QED) is 0.812. The number of rotatable bonds is 7. The van der Waals surface area contributed by atoms with E-state index in [1.807, 2.05) is 51.1 Å². The molecule has 0 saturated carbocycles. The largest absolute Gasteiger partial charge is 0.480 e. The Bertz CT molecular complexity index is 462. The highest BCUT2D eigenvalue weighted by Gasteiger charge is 2.27. The SMILES string of the molecule is CC[C@H](C)[C@H](NC(=O)N(CC)Cc1ccccc1)C(=O)O. The number of nitrogens with zero attached hydrogens (tertiary/aromatic N) is 1. The molecule has 0 heterocycles. The number of carboxylic acids is 1. The van der Waals surface area contributed by atoms with Crippen molar-refractivity contribution in [3.8, 4) is 0 Å². The molecular formula is C16H24N2O3. The average molecular weight is 292 g/mol. The van der Waals surface area contributed by atoms with Crippen molar-refractivity contribution in [3.63, 3.8) is 0 Å². The average Bonchev–Trinajstić information content (AvgIpc) is 2.49. The zero-order valence-electron chi connectivity index (χ0n) is 12.9.